The molecule has 0 N–H and O–H groups in total. The van der Waals surface area contributed by atoms with Gasteiger partial charge in [0, 0.05) is 43.6 Å². The molecule has 2 aromatic rings. The van der Waals surface area contributed by atoms with Crippen molar-refractivity contribution in [3.63, 3.8) is 0 Å². The Morgan fingerprint density at radius 3 is 2.78 bits per heavy atom. The van der Waals surface area contributed by atoms with Crippen LogP contribution in [0.5, 0.6) is 0 Å². The summed E-state index contributed by atoms with van der Waals surface area (Å²) in [4.78, 5) is 14.4. The van der Waals surface area contributed by atoms with Crippen LogP contribution in [-0.4, -0.2) is 41.7 Å². The molecule has 1 atom stereocenters. The SMILES string of the molecule is CCN(C[C@@H]1CCOC1)C(=O)c1ccc(-n2cccc2)c(F)c1. The predicted octanol–water partition coefficient (Wildman–Crippen LogP) is 3.12. The van der Waals surface area contributed by atoms with Gasteiger partial charge in [-0.2, -0.15) is 0 Å². The van der Waals surface area contributed by atoms with E-state index in [1.807, 2.05) is 19.1 Å². The van der Waals surface area contributed by atoms with E-state index in [2.05, 4.69) is 0 Å². The highest BCUT2D eigenvalue weighted by Crippen LogP contribution is 2.19. The number of rotatable bonds is 5. The number of halogens is 1. The van der Waals surface area contributed by atoms with E-state index in [0.717, 1.165) is 13.0 Å². The second-order valence-electron chi connectivity index (χ2n) is 5.83. The van der Waals surface area contributed by atoms with Crippen molar-refractivity contribution >= 4 is 5.91 Å². The number of benzene rings is 1. The van der Waals surface area contributed by atoms with E-state index in [0.29, 0.717) is 36.9 Å². The van der Waals surface area contributed by atoms with Crippen molar-refractivity contribution in [1.82, 2.24) is 9.47 Å². The minimum atomic E-state index is -0.396. The fraction of sp³-hybridized carbons (Fsp3) is 0.389. The van der Waals surface area contributed by atoms with E-state index in [-0.39, 0.29) is 5.91 Å². The number of ether oxygens (including phenoxy) is 1. The summed E-state index contributed by atoms with van der Waals surface area (Å²) in [5, 5.41) is 0. The molecule has 1 aromatic heterocycles. The Balaban J connectivity index is 1.77. The molecule has 0 aliphatic carbocycles. The molecule has 0 bridgehead atoms. The first kappa shape index (κ1) is 15.7. The molecule has 1 amide bonds. The van der Waals surface area contributed by atoms with Crippen molar-refractivity contribution in [2.24, 2.45) is 5.92 Å². The molecule has 1 aliphatic heterocycles. The maximum Gasteiger partial charge on any atom is 0.253 e. The van der Waals surface area contributed by atoms with Crippen molar-refractivity contribution in [2.45, 2.75) is 13.3 Å². The second-order valence-corrected chi connectivity index (χ2v) is 5.83. The lowest BCUT2D eigenvalue weighted by Crippen LogP contribution is -2.35. The average molecular weight is 316 g/mol. The molecule has 2 heterocycles. The quantitative estimate of drug-likeness (QED) is 0.849. The van der Waals surface area contributed by atoms with E-state index < -0.39 is 5.82 Å². The smallest absolute Gasteiger partial charge is 0.253 e. The number of carbonyl (C=O) groups excluding carboxylic acids is 1. The first-order valence-corrected chi connectivity index (χ1v) is 7.99. The molecule has 1 saturated heterocycles. The molecule has 4 nitrogen and oxygen atoms in total. The Bertz CT molecular complexity index is 664. The summed E-state index contributed by atoms with van der Waals surface area (Å²) in [7, 11) is 0. The molecule has 23 heavy (non-hydrogen) atoms. The van der Waals surface area contributed by atoms with E-state index in [9.17, 15) is 9.18 Å². The molecule has 0 radical (unpaired) electrons. The zero-order valence-corrected chi connectivity index (χ0v) is 13.2. The summed E-state index contributed by atoms with van der Waals surface area (Å²) in [5.74, 6) is -0.146. The maximum absolute atomic E-state index is 14.3. The molecule has 0 saturated carbocycles. The number of carbonyl (C=O) groups is 1. The van der Waals surface area contributed by atoms with Crippen molar-refractivity contribution in [1.29, 1.82) is 0 Å². The highest BCUT2D eigenvalue weighted by atomic mass is 19.1. The van der Waals surface area contributed by atoms with Crippen LogP contribution in [0.2, 0.25) is 0 Å². The van der Waals surface area contributed by atoms with E-state index in [1.54, 1.807) is 34.0 Å². The molecule has 122 valence electrons. The minimum Gasteiger partial charge on any atom is -0.381 e. The van der Waals surface area contributed by atoms with E-state index in [1.165, 1.54) is 6.07 Å². The molecular formula is C18H21FN2O2. The molecule has 1 aliphatic rings. The van der Waals surface area contributed by atoms with Gasteiger partial charge in [0.15, 0.2) is 0 Å². The van der Waals surface area contributed by atoms with E-state index >= 15 is 0 Å². The van der Waals surface area contributed by atoms with Gasteiger partial charge in [-0.25, -0.2) is 4.39 Å². The van der Waals surface area contributed by atoms with Crippen LogP contribution >= 0.6 is 0 Å². The monoisotopic (exact) mass is 316 g/mol. The lowest BCUT2D eigenvalue weighted by atomic mass is 10.1. The summed E-state index contributed by atoms with van der Waals surface area (Å²) in [6, 6.07) is 8.33. The van der Waals surface area contributed by atoms with Gasteiger partial charge in [0.2, 0.25) is 0 Å². The first-order valence-electron chi connectivity index (χ1n) is 7.99. The highest BCUT2D eigenvalue weighted by molar-refractivity contribution is 5.94. The number of aromatic nitrogens is 1. The third-order valence-corrected chi connectivity index (χ3v) is 4.25. The summed E-state index contributed by atoms with van der Waals surface area (Å²) < 4.78 is 21.4. The molecule has 1 fully saturated rings. The lowest BCUT2D eigenvalue weighted by molar-refractivity contribution is 0.0730. The Kier molecular flexibility index (Phi) is 4.76. The van der Waals surface area contributed by atoms with Crippen LogP contribution in [0.4, 0.5) is 4.39 Å². The standard InChI is InChI=1S/C18H21FN2O2/c1-2-20(12-14-7-10-23-13-14)18(22)15-5-6-17(16(19)11-15)21-8-3-4-9-21/h3-6,8-9,11,14H,2,7,10,12-13H2,1H3/t14-/m0/s1. The first-order chi connectivity index (χ1) is 11.2. The van der Waals surface area contributed by atoms with Gasteiger partial charge in [-0.15, -0.1) is 0 Å². The van der Waals surface area contributed by atoms with Crippen LogP contribution in [0.15, 0.2) is 42.7 Å². The Hall–Kier alpha value is -2.14. The summed E-state index contributed by atoms with van der Waals surface area (Å²) in [5.41, 5.74) is 0.831. The fourth-order valence-electron chi connectivity index (χ4n) is 2.92. The molecule has 1 aromatic carbocycles. The van der Waals surface area contributed by atoms with Crippen LogP contribution in [0.3, 0.4) is 0 Å². The molecule has 3 rings (SSSR count). The molecular weight excluding hydrogens is 295 g/mol. The third kappa shape index (κ3) is 3.45. The van der Waals surface area contributed by atoms with Gasteiger partial charge in [0.1, 0.15) is 5.82 Å². The lowest BCUT2D eigenvalue weighted by Gasteiger charge is -2.24. The van der Waals surface area contributed by atoms with Crippen molar-refractivity contribution in [2.75, 3.05) is 26.3 Å². The summed E-state index contributed by atoms with van der Waals surface area (Å²) in [6.45, 7) is 4.67. The third-order valence-electron chi connectivity index (χ3n) is 4.25. The van der Waals surface area contributed by atoms with Crippen molar-refractivity contribution in [3.8, 4) is 5.69 Å². The minimum absolute atomic E-state index is 0.127. The number of nitrogens with zero attached hydrogens (tertiary/aromatic N) is 2. The fourth-order valence-corrected chi connectivity index (χ4v) is 2.92. The van der Waals surface area contributed by atoms with Crippen LogP contribution in [0, 0.1) is 11.7 Å². The van der Waals surface area contributed by atoms with Gasteiger partial charge >= 0.3 is 0 Å². The van der Waals surface area contributed by atoms with Gasteiger partial charge in [-0.05, 0) is 43.7 Å². The maximum atomic E-state index is 14.3. The van der Waals surface area contributed by atoms with Crippen molar-refractivity contribution < 1.29 is 13.9 Å². The van der Waals surface area contributed by atoms with Crippen LogP contribution in [0.1, 0.15) is 23.7 Å². The zero-order chi connectivity index (χ0) is 16.2. The number of hydrogen-bond acceptors (Lipinski definition) is 2. The van der Waals surface area contributed by atoms with Crippen LogP contribution in [-0.2, 0) is 4.74 Å². The van der Waals surface area contributed by atoms with Crippen LogP contribution in [0.25, 0.3) is 5.69 Å². The highest BCUT2D eigenvalue weighted by Gasteiger charge is 2.23. The topological polar surface area (TPSA) is 34.5 Å². The van der Waals surface area contributed by atoms with E-state index in [4.69, 9.17) is 4.74 Å². The Labute approximate surface area is 135 Å². The normalized spacial score (nSPS) is 17.4. The average Bonchev–Trinajstić information content (AvgIpc) is 3.25. The van der Waals surface area contributed by atoms with Crippen LogP contribution < -0.4 is 0 Å². The largest absolute Gasteiger partial charge is 0.381 e. The van der Waals surface area contributed by atoms with Gasteiger partial charge in [0.05, 0.1) is 12.3 Å². The summed E-state index contributed by atoms with van der Waals surface area (Å²) in [6.07, 6.45) is 4.53. The predicted molar refractivity (Wildman–Crippen MR) is 86.2 cm³/mol. The Morgan fingerprint density at radius 1 is 1.39 bits per heavy atom. The number of hydrogen-bond donors (Lipinski definition) is 0. The molecule has 0 unspecified atom stereocenters. The summed E-state index contributed by atoms with van der Waals surface area (Å²) >= 11 is 0. The Morgan fingerprint density at radius 2 is 2.17 bits per heavy atom. The molecule has 0 spiro atoms. The van der Waals surface area contributed by atoms with Gasteiger partial charge in [-0.1, -0.05) is 0 Å². The zero-order valence-electron chi connectivity index (χ0n) is 13.2. The van der Waals surface area contributed by atoms with Crippen molar-refractivity contribution in [3.05, 3.63) is 54.1 Å². The second kappa shape index (κ2) is 6.96. The van der Waals surface area contributed by atoms with Gasteiger partial charge < -0.3 is 14.2 Å². The van der Waals surface area contributed by atoms with Gasteiger partial charge in [-0.3, -0.25) is 4.79 Å². The number of amides is 1. The van der Waals surface area contributed by atoms with Gasteiger partial charge in [0.25, 0.3) is 5.91 Å². The molecule has 5 heteroatoms.